The molecule has 140 valence electrons. The topological polar surface area (TPSA) is 96.0 Å². The number of thiazole rings is 2. The number of aromatic nitrogens is 2. The first-order valence-electron chi connectivity index (χ1n) is 7.98. The molecule has 7 nitrogen and oxygen atoms in total. The van der Waals surface area contributed by atoms with Crippen molar-refractivity contribution in [3.8, 4) is 0 Å². The number of hydrogen-bond acceptors (Lipinski definition) is 6. The Morgan fingerprint density at radius 2 is 1.85 bits per heavy atom. The number of urea groups is 1. The zero-order valence-electron chi connectivity index (χ0n) is 14.3. The van der Waals surface area contributed by atoms with Gasteiger partial charge in [0.1, 0.15) is 0 Å². The van der Waals surface area contributed by atoms with Crippen LogP contribution in [0.1, 0.15) is 17.8 Å². The van der Waals surface area contributed by atoms with Gasteiger partial charge in [0.05, 0.1) is 11.4 Å². The van der Waals surface area contributed by atoms with Gasteiger partial charge in [-0.05, 0) is 31.5 Å². The molecule has 0 spiro atoms. The normalized spacial score (nSPS) is 10.4. The van der Waals surface area contributed by atoms with Crippen LogP contribution >= 0.6 is 34.3 Å². The van der Waals surface area contributed by atoms with E-state index in [0.29, 0.717) is 27.4 Å². The van der Waals surface area contributed by atoms with Gasteiger partial charge >= 0.3 is 6.03 Å². The van der Waals surface area contributed by atoms with E-state index in [1.54, 1.807) is 24.3 Å². The summed E-state index contributed by atoms with van der Waals surface area (Å²) in [6.45, 7) is 1.87. The van der Waals surface area contributed by atoms with Crippen LogP contribution in [0.2, 0.25) is 5.02 Å². The van der Waals surface area contributed by atoms with E-state index in [1.165, 1.54) is 22.7 Å². The Bertz CT molecular complexity index is 956. The predicted octanol–water partition coefficient (Wildman–Crippen LogP) is 4.78. The average molecular weight is 422 g/mol. The van der Waals surface area contributed by atoms with Crippen molar-refractivity contribution in [3.63, 3.8) is 0 Å². The van der Waals surface area contributed by atoms with Gasteiger partial charge in [-0.1, -0.05) is 17.7 Å². The Labute approximate surface area is 168 Å². The van der Waals surface area contributed by atoms with Gasteiger partial charge in [-0.2, -0.15) is 0 Å². The number of hydrogen-bond donors (Lipinski definition) is 3. The number of rotatable bonds is 6. The van der Waals surface area contributed by atoms with E-state index in [1.807, 2.05) is 17.7 Å². The number of aryl methyl sites for hydroxylation is 2. The molecular weight excluding hydrogens is 406 g/mol. The van der Waals surface area contributed by atoms with Crippen molar-refractivity contribution >= 4 is 62.2 Å². The summed E-state index contributed by atoms with van der Waals surface area (Å²) in [5.41, 5.74) is 2.20. The summed E-state index contributed by atoms with van der Waals surface area (Å²) in [6.07, 6.45) is 0.765. The predicted molar refractivity (Wildman–Crippen MR) is 110 cm³/mol. The molecule has 3 amide bonds. The summed E-state index contributed by atoms with van der Waals surface area (Å²) in [6, 6.07) is 6.45. The Morgan fingerprint density at radius 3 is 2.59 bits per heavy atom. The maximum absolute atomic E-state index is 12.0. The zero-order valence-corrected chi connectivity index (χ0v) is 16.7. The van der Waals surface area contributed by atoms with Crippen molar-refractivity contribution in [3.05, 3.63) is 51.4 Å². The second kappa shape index (κ2) is 8.94. The van der Waals surface area contributed by atoms with E-state index in [-0.39, 0.29) is 12.3 Å². The molecule has 10 heteroatoms. The number of nitrogens with zero attached hydrogens (tertiary/aromatic N) is 2. The van der Waals surface area contributed by atoms with E-state index in [0.717, 1.165) is 11.4 Å². The largest absolute Gasteiger partial charge is 0.325 e. The molecule has 0 atom stereocenters. The number of amides is 3. The lowest BCUT2D eigenvalue weighted by Crippen LogP contribution is -2.19. The van der Waals surface area contributed by atoms with Gasteiger partial charge in [-0.25, -0.2) is 14.8 Å². The highest BCUT2D eigenvalue weighted by Crippen LogP contribution is 2.19. The second-order valence-electron chi connectivity index (χ2n) is 5.58. The highest BCUT2D eigenvalue weighted by Gasteiger charge is 2.10. The number of benzene rings is 1. The van der Waals surface area contributed by atoms with Crippen LogP contribution in [0.15, 0.2) is 35.0 Å². The quantitative estimate of drug-likeness (QED) is 0.533. The van der Waals surface area contributed by atoms with Gasteiger partial charge in [-0.3, -0.25) is 10.1 Å². The molecule has 27 heavy (non-hydrogen) atoms. The Kier molecular flexibility index (Phi) is 6.38. The van der Waals surface area contributed by atoms with Gasteiger partial charge in [0.15, 0.2) is 10.3 Å². The molecule has 0 saturated carbocycles. The maximum atomic E-state index is 12.0. The number of carbonyl (C=O) groups is 2. The van der Waals surface area contributed by atoms with Crippen LogP contribution in [0.4, 0.5) is 20.7 Å². The average Bonchev–Trinajstić information content (AvgIpc) is 3.22. The van der Waals surface area contributed by atoms with Crippen LogP contribution < -0.4 is 16.0 Å². The van der Waals surface area contributed by atoms with Crippen molar-refractivity contribution in [2.75, 3.05) is 16.0 Å². The Balaban J connectivity index is 1.46. The number of anilines is 3. The fraction of sp³-hybridized carbons (Fsp3) is 0.176. The molecule has 0 saturated heterocycles. The lowest BCUT2D eigenvalue weighted by Gasteiger charge is -2.05. The number of carbonyl (C=O) groups excluding carboxylic acids is 2. The maximum Gasteiger partial charge on any atom is 0.325 e. The molecular formula is C17H16ClN5O2S2. The molecule has 2 aromatic heterocycles. The zero-order chi connectivity index (χ0) is 19.2. The van der Waals surface area contributed by atoms with Gasteiger partial charge in [-0.15, -0.1) is 22.7 Å². The van der Waals surface area contributed by atoms with E-state index in [4.69, 9.17) is 11.6 Å². The molecule has 0 aliphatic heterocycles. The third-order valence-electron chi connectivity index (χ3n) is 3.33. The highest BCUT2D eigenvalue weighted by atomic mass is 35.5. The standard InChI is InChI=1S/C17H16ClN5O2S2/c1-10-8-26-16(19-10)22-14(24)6-5-13-9-27-17(21-13)23-15(25)20-12-4-2-3-11(18)7-12/h2-4,7-9H,5-6H2,1H3,(H,19,22,24)(H2,20,21,23,25). The molecule has 3 aromatic rings. The van der Waals surface area contributed by atoms with Crippen molar-refractivity contribution in [1.29, 1.82) is 0 Å². The molecule has 0 unspecified atom stereocenters. The third kappa shape index (κ3) is 6.02. The van der Waals surface area contributed by atoms with E-state index in [9.17, 15) is 9.59 Å². The summed E-state index contributed by atoms with van der Waals surface area (Å²) in [5, 5.41) is 13.4. The molecule has 0 fully saturated rings. The first kappa shape index (κ1) is 19.3. The van der Waals surface area contributed by atoms with Crippen LogP contribution in [0.5, 0.6) is 0 Å². The lowest BCUT2D eigenvalue weighted by molar-refractivity contribution is -0.116. The minimum absolute atomic E-state index is 0.120. The van der Waals surface area contributed by atoms with Gasteiger partial charge in [0.2, 0.25) is 5.91 Å². The molecule has 3 N–H and O–H groups in total. The summed E-state index contributed by atoms with van der Waals surface area (Å²) in [4.78, 5) is 32.5. The number of nitrogens with one attached hydrogen (secondary N) is 3. The van der Waals surface area contributed by atoms with E-state index in [2.05, 4.69) is 25.9 Å². The first-order chi connectivity index (χ1) is 13.0. The van der Waals surface area contributed by atoms with Gasteiger partial charge in [0.25, 0.3) is 0 Å². The molecule has 0 aliphatic carbocycles. The van der Waals surface area contributed by atoms with Crippen LogP contribution in [0, 0.1) is 6.92 Å². The summed E-state index contributed by atoms with van der Waals surface area (Å²) in [5.74, 6) is -0.120. The summed E-state index contributed by atoms with van der Waals surface area (Å²) in [7, 11) is 0. The smallest absolute Gasteiger partial charge is 0.308 e. The highest BCUT2D eigenvalue weighted by molar-refractivity contribution is 7.14. The molecule has 0 radical (unpaired) electrons. The molecule has 0 aliphatic rings. The van der Waals surface area contributed by atoms with Crippen molar-refractivity contribution < 1.29 is 9.59 Å². The van der Waals surface area contributed by atoms with Crippen LogP contribution in [-0.2, 0) is 11.2 Å². The Morgan fingerprint density at radius 1 is 1.07 bits per heavy atom. The SMILES string of the molecule is Cc1csc(NC(=O)CCc2csc(NC(=O)Nc3cccc(Cl)c3)n2)n1. The molecule has 2 heterocycles. The van der Waals surface area contributed by atoms with Crippen molar-refractivity contribution in [1.82, 2.24) is 9.97 Å². The van der Waals surface area contributed by atoms with Crippen LogP contribution in [0.3, 0.4) is 0 Å². The third-order valence-corrected chi connectivity index (χ3v) is 5.25. The van der Waals surface area contributed by atoms with Crippen LogP contribution in [0.25, 0.3) is 0 Å². The summed E-state index contributed by atoms with van der Waals surface area (Å²) >= 11 is 8.58. The van der Waals surface area contributed by atoms with Gasteiger partial charge in [0, 0.05) is 27.9 Å². The summed E-state index contributed by atoms with van der Waals surface area (Å²) < 4.78 is 0. The second-order valence-corrected chi connectivity index (χ2v) is 7.73. The molecule has 0 bridgehead atoms. The minimum Gasteiger partial charge on any atom is -0.308 e. The van der Waals surface area contributed by atoms with E-state index < -0.39 is 6.03 Å². The van der Waals surface area contributed by atoms with Crippen molar-refractivity contribution in [2.45, 2.75) is 19.8 Å². The lowest BCUT2D eigenvalue weighted by atomic mass is 10.2. The fourth-order valence-corrected chi connectivity index (χ4v) is 3.77. The molecule has 3 rings (SSSR count). The fourth-order valence-electron chi connectivity index (χ4n) is 2.14. The first-order valence-corrected chi connectivity index (χ1v) is 10.1. The monoisotopic (exact) mass is 421 g/mol. The minimum atomic E-state index is -0.407. The van der Waals surface area contributed by atoms with Crippen molar-refractivity contribution in [2.24, 2.45) is 0 Å². The number of halogens is 1. The van der Waals surface area contributed by atoms with Crippen LogP contribution in [-0.4, -0.2) is 21.9 Å². The van der Waals surface area contributed by atoms with E-state index >= 15 is 0 Å². The molecule has 1 aromatic carbocycles. The van der Waals surface area contributed by atoms with Gasteiger partial charge < -0.3 is 10.6 Å². The Hall–Kier alpha value is -2.49.